The van der Waals surface area contributed by atoms with Gasteiger partial charge in [0, 0.05) is 17.8 Å². The van der Waals surface area contributed by atoms with Crippen LogP contribution in [0.4, 0.5) is 5.82 Å². The van der Waals surface area contributed by atoms with Crippen molar-refractivity contribution in [1.29, 1.82) is 0 Å². The second-order valence-corrected chi connectivity index (χ2v) is 5.26. The van der Waals surface area contributed by atoms with Gasteiger partial charge in [0.25, 0.3) is 0 Å². The third-order valence-corrected chi connectivity index (χ3v) is 3.58. The topological polar surface area (TPSA) is 60.2 Å². The van der Waals surface area contributed by atoms with Gasteiger partial charge in [0.15, 0.2) is 0 Å². The quantitative estimate of drug-likeness (QED) is 0.892. The number of nitrogens with one attached hydrogen (secondary N) is 1. The fraction of sp³-hybridized carbons (Fsp3) is 0.267. The maximum Gasteiger partial charge on any atom is 0.123 e. The van der Waals surface area contributed by atoms with Crippen molar-refractivity contribution in [2.45, 2.75) is 6.04 Å². The predicted molar refractivity (Wildman–Crippen MR) is 80.7 cm³/mol. The summed E-state index contributed by atoms with van der Waals surface area (Å²) in [4.78, 5) is 4.01. The number of morpholine rings is 1. The monoisotopic (exact) mass is 289 g/mol. The van der Waals surface area contributed by atoms with Crippen molar-refractivity contribution in [2.75, 3.05) is 25.5 Å². The van der Waals surface area contributed by atoms with Crippen LogP contribution in [0.3, 0.4) is 0 Å². The molecule has 5 heteroatoms. The number of anilines is 1. The number of nitrogens with two attached hydrogens (primary N) is 1. The van der Waals surface area contributed by atoms with Gasteiger partial charge < -0.3 is 15.8 Å². The average molecular weight is 290 g/mol. The molecule has 1 aromatic carbocycles. The zero-order valence-electron chi connectivity index (χ0n) is 11.0. The summed E-state index contributed by atoms with van der Waals surface area (Å²) in [5.74, 6) is 0.503. The highest BCUT2D eigenvalue weighted by molar-refractivity contribution is 6.31. The molecule has 0 aliphatic carbocycles. The smallest absolute Gasteiger partial charge is 0.123 e. The number of hydrogen-bond donors (Lipinski definition) is 2. The van der Waals surface area contributed by atoms with Crippen molar-refractivity contribution in [3.63, 3.8) is 0 Å². The van der Waals surface area contributed by atoms with Crippen LogP contribution in [-0.2, 0) is 4.74 Å². The molecule has 0 saturated carbocycles. The molecule has 1 fully saturated rings. The molecule has 0 radical (unpaired) electrons. The molecule has 2 heterocycles. The Labute approximate surface area is 122 Å². The second kappa shape index (κ2) is 5.79. The van der Waals surface area contributed by atoms with Crippen LogP contribution < -0.4 is 11.1 Å². The molecule has 3 N–H and O–H groups in total. The maximum atomic E-state index is 6.24. The fourth-order valence-electron chi connectivity index (χ4n) is 2.39. The van der Waals surface area contributed by atoms with Crippen LogP contribution >= 0.6 is 11.6 Å². The van der Waals surface area contributed by atoms with Crippen LogP contribution in [0.25, 0.3) is 11.1 Å². The fourth-order valence-corrected chi connectivity index (χ4v) is 2.63. The van der Waals surface area contributed by atoms with Crippen LogP contribution in [0.5, 0.6) is 0 Å². The predicted octanol–water partition coefficient (Wildman–Crippen LogP) is 2.65. The van der Waals surface area contributed by atoms with Gasteiger partial charge in [-0.2, -0.15) is 0 Å². The molecule has 2 aromatic rings. The number of rotatable bonds is 2. The highest BCUT2D eigenvalue weighted by Crippen LogP contribution is 2.28. The molecule has 1 saturated heterocycles. The van der Waals surface area contributed by atoms with Crippen molar-refractivity contribution in [3.05, 3.63) is 47.1 Å². The Balaban J connectivity index is 1.97. The van der Waals surface area contributed by atoms with Crippen LogP contribution in [0.1, 0.15) is 11.6 Å². The lowest BCUT2D eigenvalue weighted by Gasteiger charge is -2.24. The lowest BCUT2D eigenvalue weighted by atomic mass is 10.00. The molecular weight excluding hydrogens is 274 g/mol. The highest BCUT2D eigenvalue weighted by atomic mass is 35.5. The van der Waals surface area contributed by atoms with Gasteiger partial charge in [0.1, 0.15) is 5.82 Å². The maximum absolute atomic E-state index is 6.24. The van der Waals surface area contributed by atoms with E-state index in [9.17, 15) is 0 Å². The van der Waals surface area contributed by atoms with Crippen LogP contribution in [-0.4, -0.2) is 24.7 Å². The van der Waals surface area contributed by atoms with Gasteiger partial charge in [0.2, 0.25) is 0 Å². The molecule has 4 nitrogen and oxygen atoms in total. The second-order valence-electron chi connectivity index (χ2n) is 4.82. The summed E-state index contributed by atoms with van der Waals surface area (Å²) in [6.45, 7) is 2.28. The first kappa shape index (κ1) is 13.4. The highest BCUT2D eigenvalue weighted by Gasteiger charge is 2.16. The minimum absolute atomic E-state index is 0.181. The first-order chi connectivity index (χ1) is 9.72. The lowest BCUT2D eigenvalue weighted by molar-refractivity contribution is 0.0769. The molecule has 20 heavy (non-hydrogen) atoms. The van der Waals surface area contributed by atoms with Gasteiger partial charge in [0.05, 0.1) is 19.3 Å². The number of nitrogen functional groups attached to an aromatic ring is 1. The van der Waals surface area contributed by atoms with E-state index in [-0.39, 0.29) is 6.04 Å². The Morgan fingerprint density at radius 1 is 1.25 bits per heavy atom. The summed E-state index contributed by atoms with van der Waals surface area (Å²) in [5.41, 5.74) is 8.91. The van der Waals surface area contributed by atoms with Gasteiger partial charge >= 0.3 is 0 Å². The van der Waals surface area contributed by atoms with Gasteiger partial charge in [-0.15, -0.1) is 0 Å². The number of hydrogen-bond acceptors (Lipinski definition) is 4. The van der Waals surface area contributed by atoms with Crippen molar-refractivity contribution < 1.29 is 4.74 Å². The first-order valence-electron chi connectivity index (χ1n) is 6.56. The average Bonchev–Trinajstić information content (AvgIpc) is 2.47. The van der Waals surface area contributed by atoms with Gasteiger partial charge in [-0.3, -0.25) is 0 Å². The van der Waals surface area contributed by atoms with Crippen molar-refractivity contribution in [1.82, 2.24) is 10.3 Å². The summed E-state index contributed by atoms with van der Waals surface area (Å²) in [5, 5.41) is 4.14. The Morgan fingerprint density at radius 2 is 2.15 bits per heavy atom. The molecule has 1 aliphatic heterocycles. The normalized spacial score (nSPS) is 18.9. The van der Waals surface area contributed by atoms with E-state index in [0.29, 0.717) is 17.4 Å². The summed E-state index contributed by atoms with van der Waals surface area (Å²) < 4.78 is 5.51. The molecule has 0 amide bonds. The molecule has 3 rings (SSSR count). The molecule has 1 atom stereocenters. The zero-order valence-corrected chi connectivity index (χ0v) is 11.7. The number of pyridine rings is 1. The van der Waals surface area contributed by atoms with E-state index in [2.05, 4.69) is 16.4 Å². The van der Waals surface area contributed by atoms with E-state index in [4.69, 9.17) is 22.1 Å². The van der Waals surface area contributed by atoms with Gasteiger partial charge in [-0.05, 0) is 47.0 Å². The van der Waals surface area contributed by atoms with E-state index < -0.39 is 0 Å². The summed E-state index contributed by atoms with van der Waals surface area (Å²) in [6, 6.07) is 9.98. The molecule has 104 valence electrons. The Morgan fingerprint density at radius 3 is 2.90 bits per heavy atom. The van der Waals surface area contributed by atoms with Crippen molar-refractivity contribution in [3.8, 4) is 11.1 Å². The molecule has 1 aliphatic rings. The van der Waals surface area contributed by atoms with Crippen molar-refractivity contribution >= 4 is 17.4 Å². The summed E-state index contributed by atoms with van der Waals surface area (Å²) in [7, 11) is 0. The van der Waals surface area contributed by atoms with E-state index in [0.717, 1.165) is 29.8 Å². The van der Waals surface area contributed by atoms with E-state index in [1.54, 1.807) is 6.20 Å². The lowest BCUT2D eigenvalue weighted by Crippen LogP contribution is -2.34. The molecule has 0 unspecified atom stereocenters. The Kier molecular flexibility index (Phi) is 3.87. The largest absolute Gasteiger partial charge is 0.384 e. The minimum atomic E-state index is 0.181. The number of nitrogens with zero attached hydrogens (tertiary/aromatic N) is 1. The minimum Gasteiger partial charge on any atom is -0.384 e. The Bertz CT molecular complexity index is 612. The third-order valence-electron chi connectivity index (χ3n) is 3.36. The van der Waals surface area contributed by atoms with Crippen LogP contribution in [0, 0.1) is 0 Å². The summed E-state index contributed by atoms with van der Waals surface area (Å²) in [6.07, 6.45) is 1.70. The molecule has 1 aromatic heterocycles. The first-order valence-corrected chi connectivity index (χ1v) is 6.94. The standard InChI is InChI=1S/C15H16ClN3O/c16-13-6-11(10-1-2-19-15(17)8-10)5-12(7-13)14-9-20-4-3-18-14/h1-2,5-8,14,18H,3-4,9H2,(H2,17,19)/t14-/m0/s1. The molecular formula is C15H16ClN3O. The Hall–Kier alpha value is -1.62. The van der Waals surface area contributed by atoms with E-state index in [1.165, 1.54) is 0 Å². The SMILES string of the molecule is Nc1cc(-c2cc(Cl)cc([C@@H]3COCCN3)c2)ccn1. The molecule has 0 spiro atoms. The van der Waals surface area contributed by atoms with E-state index in [1.807, 2.05) is 24.3 Å². The number of ether oxygens (including phenoxy) is 1. The van der Waals surface area contributed by atoms with Gasteiger partial charge in [-0.25, -0.2) is 4.98 Å². The number of aromatic nitrogens is 1. The van der Waals surface area contributed by atoms with Gasteiger partial charge in [-0.1, -0.05) is 11.6 Å². The number of halogens is 1. The van der Waals surface area contributed by atoms with E-state index >= 15 is 0 Å². The third kappa shape index (κ3) is 2.93. The summed E-state index contributed by atoms with van der Waals surface area (Å²) >= 11 is 6.24. The van der Waals surface area contributed by atoms with Crippen molar-refractivity contribution in [2.24, 2.45) is 0 Å². The molecule has 0 bridgehead atoms. The zero-order chi connectivity index (χ0) is 13.9. The van der Waals surface area contributed by atoms with Crippen LogP contribution in [0.15, 0.2) is 36.5 Å². The van der Waals surface area contributed by atoms with Crippen LogP contribution in [0.2, 0.25) is 5.02 Å². The number of benzene rings is 1.